The molecular formula is C18H34N2O. The molecule has 0 radical (unpaired) electrons. The highest BCUT2D eigenvalue weighted by Gasteiger charge is 2.29. The zero-order valence-corrected chi connectivity index (χ0v) is 14.1. The van der Waals surface area contributed by atoms with Gasteiger partial charge in [0.15, 0.2) is 0 Å². The number of rotatable bonds is 7. The van der Waals surface area contributed by atoms with E-state index in [1.807, 2.05) is 6.92 Å². The first-order chi connectivity index (χ1) is 10.2. The van der Waals surface area contributed by atoms with E-state index in [0.29, 0.717) is 24.3 Å². The van der Waals surface area contributed by atoms with Crippen molar-refractivity contribution in [2.24, 2.45) is 11.8 Å². The Kier molecular flexibility index (Phi) is 7.01. The van der Waals surface area contributed by atoms with Gasteiger partial charge in [-0.05, 0) is 44.1 Å². The van der Waals surface area contributed by atoms with Gasteiger partial charge >= 0.3 is 0 Å². The summed E-state index contributed by atoms with van der Waals surface area (Å²) >= 11 is 0. The van der Waals surface area contributed by atoms with Crippen molar-refractivity contribution < 1.29 is 4.79 Å². The summed E-state index contributed by atoms with van der Waals surface area (Å²) in [5.74, 6) is 1.93. The zero-order valence-electron chi connectivity index (χ0n) is 14.1. The van der Waals surface area contributed by atoms with Gasteiger partial charge in [-0.15, -0.1) is 0 Å². The molecule has 0 spiro atoms. The van der Waals surface area contributed by atoms with Gasteiger partial charge < -0.3 is 10.2 Å². The Morgan fingerprint density at radius 2 is 1.90 bits per heavy atom. The first kappa shape index (κ1) is 16.8. The number of likely N-dealkylation sites (tertiary alicyclic amines) is 1. The standard InChI is InChI=1S/C18H34N2O/c1-3-5-8-16-11-17(14-20(13-16)18(21)4-2)19-12-15-9-6-7-10-15/h15-17,19H,3-14H2,1-2H3. The van der Waals surface area contributed by atoms with Crippen molar-refractivity contribution in [1.29, 1.82) is 0 Å². The van der Waals surface area contributed by atoms with Gasteiger partial charge in [-0.1, -0.05) is 39.5 Å². The van der Waals surface area contributed by atoms with Crippen molar-refractivity contribution in [2.45, 2.75) is 77.7 Å². The topological polar surface area (TPSA) is 32.3 Å². The summed E-state index contributed by atoms with van der Waals surface area (Å²) in [7, 11) is 0. The van der Waals surface area contributed by atoms with Crippen LogP contribution in [0.25, 0.3) is 0 Å². The maximum atomic E-state index is 12.1. The molecule has 1 N–H and O–H groups in total. The van der Waals surface area contributed by atoms with Crippen LogP contribution in [0.15, 0.2) is 0 Å². The van der Waals surface area contributed by atoms with E-state index in [0.717, 1.165) is 19.0 Å². The number of hydrogen-bond acceptors (Lipinski definition) is 2. The van der Waals surface area contributed by atoms with Gasteiger partial charge in [0.25, 0.3) is 0 Å². The molecule has 21 heavy (non-hydrogen) atoms. The van der Waals surface area contributed by atoms with E-state index in [9.17, 15) is 4.79 Å². The first-order valence-electron chi connectivity index (χ1n) is 9.24. The van der Waals surface area contributed by atoms with Crippen LogP contribution in [0, 0.1) is 11.8 Å². The van der Waals surface area contributed by atoms with Crippen LogP contribution >= 0.6 is 0 Å². The van der Waals surface area contributed by atoms with Crippen molar-refractivity contribution in [3.8, 4) is 0 Å². The number of unbranched alkanes of at least 4 members (excludes halogenated alkanes) is 1. The van der Waals surface area contributed by atoms with Crippen LogP contribution in [0.2, 0.25) is 0 Å². The lowest BCUT2D eigenvalue weighted by Crippen LogP contribution is -2.51. The minimum absolute atomic E-state index is 0.337. The predicted molar refractivity (Wildman–Crippen MR) is 88.3 cm³/mol. The minimum atomic E-state index is 0.337. The maximum absolute atomic E-state index is 12.1. The maximum Gasteiger partial charge on any atom is 0.222 e. The quantitative estimate of drug-likeness (QED) is 0.778. The second-order valence-electron chi connectivity index (χ2n) is 7.15. The third-order valence-corrected chi connectivity index (χ3v) is 5.33. The molecular weight excluding hydrogens is 260 g/mol. The molecule has 2 aliphatic rings. The molecule has 1 saturated heterocycles. The molecule has 1 heterocycles. The molecule has 0 aromatic carbocycles. The fourth-order valence-corrected chi connectivity index (χ4v) is 4.03. The lowest BCUT2D eigenvalue weighted by Gasteiger charge is -2.38. The molecule has 2 unspecified atom stereocenters. The predicted octanol–water partition coefficient (Wildman–Crippen LogP) is 3.58. The Bertz CT molecular complexity index is 312. The second-order valence-corrected chi connectivity index (χ2v) is 7.15. The molecule has 122 valence electrons. The number of hydrogen-bond donors (Lipinski definition) is 1. The third kappa shape index (κ3) is 5.28. The van der Waals surface area contributed by atoms with E-state index in [1.54, 1.807) is 0 Å². The minimum Gasteiger partial charge on any atom is -0.341 e. The normalized spacial score (nSPS) is 27.2. The zero-order chi connectivity index (χ0) is 15.1. The molecule has 1 aliphatic heterocycles. The Morgan fingerprint density at radius 1 is 1.14 bits per heavy atom. The first-order valence-corrected chi connectivity index (χ1v) is 9.24. The van der Waals surface area contributed by atoms with Crippen LogP contribution in [0.1, 0.15) is 71.6 Å². The number of carbonyl (C=O) groups is 1. The smallest absolute Gasteiger partial charge is 0.222 e. The van der Waals surface area contributed by atoms with E-state index < -0.39 is 0 Å². The van der Waals surface area contributed by atoms with Gasteiger partial charge in [-0.2, -0.15) is 0 Å². The molecule has 0 bridgehead atoms. The molecule has 0 aromatic rings. The molecule has 3 nitrogen and oxygen atoms in total. The SMILES string of the molecule is CCCCC1CC(NCC2CCCC2)CN(C(=O)CC)C1. The van der Waals surface area contributed by atoms with Crippen LogP contribution in [-0.2, 0) is 4.79 Å². The van der Waals surface area contributed by atoms with Crippen LogP contribution < -0.4 is 5.32 Å². The van der Waals surface area contributed by atoms with Gasteiger partial charge in [-0.25, -0.2) is 0 Å². The molecule has 1 amide bonds. The van der Waals surface area contributed by atoms with E-state index in [-0.39, 0.29) is 0 Å². The molecule has 2 rings (SSSR count). The van der Waals surface area contributed by atoms with Crippen LogP contribution in [0.4, 0.5) is 0 Å². The fourth-order valence-electron chi connectivity index (χ4n) is 4.03. The summed E-state index contributed by atoms with van der Waals surface area (Å²) < 4.78 is 0. The summed E-state index contributed by atoms with van der Waals surface area (Å²) in [5, 5.41) is 3.78. The molecule has 1 aliphatic carbocycles. The average molecular weight is 294 g/mol. The van der Waals surface area contributed by atoms with Gasteiger partial charge in [0.2, 0.25) is 5.91 Å². The van der Waals surface area contributed by atoms with E-state index in [2.05, 4.69) is 17.1 Å². The molecule has 2 atom stereocenters. The van der Waals surface area contributed by atoms with Crippen molar-refractivity contribution in [2.75, 3.05) is 19.6 Å². The van der Waals surface area contributed by atoms with Crippen molar-refractivity contribution >= 4 is 5.91 Å². The van der Waals surface area contributed by atoms with Crippen molar-refractivity contribution in [3.05, 3.63) is 0 Å². The molecule has 0 aromatic heterocycles. The highest BCUT2D eigenvalue weighted by Crippen LogP contribution is 2.26. The lowest BCUT2D eigenvalue weighted by molar-refractivity contribution is -0.133. The Hall–Kier alpha value is -0.570. The van der Waals surface area contributed by atoms with Gasteiger partial charge in [0, 0.05) is 25.6 Å². The van der Waals surface area contributed by atoms with E-state index >= 15 is 0 Å². The van der Waals surface area contributed by atoms with Crippen LogP contribution in [-0.4, -0.2) is 36.5 Å². The number of nitrogens with zero attached hydrogens (tertiary/aromatic N) is 1. The second kappa shape index (κ2) is 8.77. The third-order valence-electron chi connectivity index (χ3n) is 5.33. The number of carbonyl (C=O) groups excluding carboxylic acids is 1. The highest BCUT2D eigenvalue weighted by molar-refractivity contribution is 5.76. The van der Waals surface area contributed by atoms with Crippen LogP contribution in [0.3, 0.4) is 0 Å². The summed E-state index contributed by atoms with van der Waals surface area (Å²) in [6, 6.07) is 0.525. The Morgan fingerprint density at radius 3 is 2.57 bits per heavy atom. The number of amides is 1. The molecule has 2 fully saturated rings. The van der Waals surface area contributed by atoms with Crippen LogP contribution in [0.5, 0.6) is 0 Å². The summed E-state index contributed by atoms with van der Waals surface area (Å²) in [6.07, 6.45) is 11.4. The van der Waals surface area contributed by atoms with E-state index in [1.165, 1.54) is 57.9 Å². The summed E-state index contributed by atoms with van der Waals surface area (Å²) in [4.78, 5) is 14.2. The number of nitrogens with one attached hydrogen (secondary N) is 1. The fraction of sp³-hybridized carbons (Fsp3) is 0.944. The van der Waals surface area contributed by atoms with Crippen molar-refractivity contribution in [3.63, 3.8) is 0 Å². The lowest BCUT2D eigenvalue weighted by atomic mass is 9.89. The molecule has 1 saturated carbocycles. The monoisotopic (exact) mass is 294 g/mol. The number of piperidine rings is 1. The Balaban J connectivity index is 1.83. The summed E-state index contributed by atoms with van der Waals surface area (Å²) in [6.45, 7) is 7.34. The summed E-state index contributed by atoms with van der Waals surface area (Å²) in [5.41, 5.74) is 0. The highest BCUT2D eigenvalue weighted by atomic mass is 16.2. The van der Waals surface area contributed by atoms with Gasteiger partial charge in [0.05, 0.1) is 0 Å². The Labute approximate surface area is 130 Å². The van der Waals surface area contributed by atoms with Gasteiger partial charge in [-0.3, -0.25) is 4.79 Å². The average Bonchev–Trinajstić information content (AvgIpc) is 3.03. The van der Waals surface area contributed by atoms with Crippen molar-refractivity contribution in [1.82, 2.24) is 10.2 Å². The van der Waals surface area contributed by atoms with E-state index in [4.69, 9.17) is 0 Å². The molecule has 3 heteroatoms. The van der Waals surface area contributed by atoms with Gasteiger partial charge in [0.1, 0.15) is 0 Å². The largest absolute Gasteiger partial charge is 0.341 e.